The van der Waals surface area contributed by atoms with Crippen LogP contribution in [0.2, 0.25) is 0 Å². The molecule has 4 rings (SSSR count). The Kier molecular flexibility index (Phi) is 5.90. The Morgan fingerprint density at radius 2 is 1.70 bits per heavy atom. The summed E-state index contributed by atoms with van der Waals surface area (Å²) in [7, 11) is 3.23. The number of anilines is 3. The Morgan fingerprint density at radius 1 is 1.06 bits per heavy atom. The number of benzene rings is 2. The van der Waals surface area contributed by atoms with Gasteiger partial charge in [-0.15, -0.1) is 0 Å². The topological polar surface area (TPSA) is 90.8 Å². The molecule has 2 heterocycles. The van der Waals surface area contributed by atoms with Crippen LogP contribution in [0.5, 0.6) is 5.75 Å². The van der Waals surface area contributed by atoms with Gasteiger partial charge < -0.3 is 25.0 Å². The molecule has 0 saturated carbocycles. The standard InChI is InChI=1S/C24H26FN5O3/c1-15-20-21(30(4)24(2,32)22(31)29(20)3)28-23(27-15)26-13-16-7-11-19(12-8-16)33-14-17-5-9-18(25)10-6-17/h5-12,32H,13-14H2,1-4H3,(H,26,27,28)/t24-/m0/s1. The molecule has 8 nitrogen and oxygen atoms in total. The second kappa shape index (κ2) is 8.67. The van der Waals surface area contributed by atoms with Crippen molar-refractivity contribution < 1.29 is 19.0 Å². The van der Waals surface area contributed by atoms with Crippen molar-refractivity contribution in [1.82, 2.24) is 9.97 Å². The van der Waals surface area contributed by atoms with E-state index in [-0.39, 0.29) is 5.82 Å². The van der Waals surface area contributed by atoms with Crippen LogP contribution in [0, 0.1) is 12.7 Å². The van der Waals surface area contributed by atoms with Crippen molar-refractivity contribution in [2.45, 2.75) is 32.7 Å². The largest absolute Gasteiger partial charge is 0.489 e. The van der Waals surface area contributed by atoms with Gasteiger partial charge in [0.15, 0.2) is 5.82 Å². The molecule has 0 radical (unpaired) electrons. The molecule has 0 aliphatic carbocycles. The molecule has 0 bridgehead atoms. The molecule has 2 aromatic carbocycles. The fraction of sp³-hybridized carbons (Fsp3) is 0.292. The van der Waals surface area contributed by atoms with E-state index in [1.807, 2.05) is 24.3 Å². The van der Waals surface area contributed by atoms with E-state index in [1.165, 1.54) is 28.9 Å². The van der Waals surface area contributed by atoms with E-state index in [9.17, 15) is 14.3 Å². The van der Waals surface area contributed by atoms with Crippen LogP contribution in [0.3, 0.4) is 0 Å². The predicted molar refractivity (Wildman–Crippen MR) is 124 cm³/mol. The fourth-order valence-corrected chi connectivity index (χ4v) is 3.66. The van der Waals surface area contributed by atoms with Gasteiger partial charge in [-0.25, -0.2) is 9.37 Å². The molecular formula is C24H26FN5O3. The summed E-state index contributed by atoms with van der Waals surface area (Å²) < 4.78 is 18.7. The number of hydrogen-bond acceptors (Lipinski definition) is 7. The highest BCUT2D eigenvalue weighted by Crippen LogP contribution is 2.38. The lowest BCUT2D eigenvalue weighted by Crippen LogP contribution is -2.60. The maximum Gasteiger partial charge on any atom is 0.279 e. The first-order valence-electron chi connectivity index (χ1n) is 10.5. The molecule has 2 N–H and O–H groups in total. The summed E-state index contributed by atoms with van der Waals surface area (Å²) >= 11 is 0. The smallest absolute Gasteiger partial charge is 0.279 e. The summed E-state index contributed by atoms with van der Waals surface area (Å²) in [6, 6.07) is 13.8. The first-order valence-corrected chi connectivity index (χ1v) is 10.5. The third-order valence-electron chi connectivity index (χ3n) is 5.75. The molecule has 1 aliphatic rings. The molecule has 1 amide bonds. The number of nitrogens with one attached hydrogen (secondary N) is 1. The van der Waals surface area contributed by atoms with Gasteiger partial charge in [-0.2, -0.15) is 4.98 Å². The van der Waals surface area contributed by atoms with Crippen LogP contribution < -0.4 is 19.9 Å². The Balaban J connectivity index is 1.42. The summed E-state index contributed by atoms with van der Waals surface area (Å²) in [5.41, 5.74) is 1.39. The van der Waals surface area contributed by atoms with E-state index in [2.05, 4.69) is 15.3 Å². The number of ether oxygens (including phenoxy) is 1. The minimum atomic E-state index is -1.69. The molecule has 1 aromatic heterocycles. The van der Waals surface area contributed by atoms with Crippen molar-refractivity contribution >= 4 is 23.4 Å². The molecule has 9 heteroatoms. The molecule has 1 aliphatic heterocycles. The van der Waals surface area contributed by atoms with E-state index in [4.69, 9.17) is 4.74 Å². The number of nitrogens with zero attached hydrogens (tertiary/aromatic N) is 4. The third kappa shape index (κ3) is 4.45. The second-order valence-corrected chi connectivity index (χ2v) is 8.16. The molecule has 1 atom stereocenters. The molecule has 3 aromatic rings. The molecule has 172 valence electrons. The van der Waals surface area contributed by atoms with Crippen molar-refractivity contribution in [3.8, 4) is 5.75 Å². The summed E-state index contributed by atoms with van der Waals surface area (Å²) in [4.78, 5) is 24.3. The van der Waals surface area contributed by atoms with Gasteiger partial charge in [0.1, 0.15) is 23.9 Å². The average Bonchev–Trinajstić information content (AvgIpc) is 2.80. The van der Waals surface area contributed by atoms with Gasteiger partial charge in [-0.1, -0.05) is 24.3 Å². The Bertz CT molecular complexity index is 1170. The van der Waals surface area contributed by atoms with Crippen molar-refractivity contribution in [1.29, 1.82) is 0 Å². The zero-order chi connectivity index (χ0) is 23.8. The van der Waals surface area contributed by atoms with Crippen LogP contribution in [0.1, 0.15) is 23.7 Å². The lowest BCUT2D eigenvalue weighted by molar-refractivity contribution is -0.135. The highest BCUT2D eigenvalue weighted by molar-refractivity contribution is 6.06. The number of aliphatic hydroxyl groups is 1. The molecular weight excluding hydrogens is 425 g/mol. The van der Waals surface area contributed by atoms with Crippen LogP contribution in [0.25, 0.3) is 0 Å². The van der Waals surface area contributed by atoms with E-state index < -0.39 is 11.6 Å². The normalized spacial score (nSPS) is 17.7. The number of likely N-dealkylation sites (N-methyl/N-ethyl adjacent to an activating group) is 2. The van der Waals surface area contributed by atoms with Gasteiger partial charge >= 0.3 is 0 Å². The Morgan fingerprint density at radius 3 is 2.36 bits per heavy atom. The van der Waals surface area contributed by atoms with Crippen LogP contribution >= 0.6 is 0 Å². The number of carbonyl (C=O) groups is 1. The SMILES string of the molecule is Cc1nc(NCc2ccc(OCc3ccc(F)cc3)cc2)nc2c1N(C)C(=O)[C@](C)(O)N2C. The molecule has 33 heavy (non-hydrogen) atoms. The number of aromatic nitrogens is 2. The van der Waals surface area contributed by atoms with Crippen molar-refractivity contribution in [2.24, 2.45) is 0 Å². The number of carbonyl (C=O) groups excluding carboxylic acids is 1. The first-order chi connectivity index (χ1) is 15.7. The lowest BCUT2D eigenvalue weighted by atomic mass is 10.1. The minimum absolute atomic E-state index is 0.272. The van der Waals surface area contributed by atoms with E-state index in [0.29, 0.717) is 42.0 Å². The Labute approximate surface area is 191 Å². The highest BCUT2D eigenvalue weighted by Gasteiger charge is 2.45. The molecule has 0 fully saturated rings. The number of aryl methyl sites for hydroxylation is 1. The summed E-state index contributed by atoms with van der Waals surface area (Å²) in [6.45, 7) is 4.08. The number of hydrogen-bond donors (Lipinski definition) is 2. The maximum atomic E-state index is 13.0. The quantitative estimate of drug-likeness (QED) is 0.595. The van der Waals surface area contributed by atoms with Gasteiger partial charge in [0.25, 0.3) is 5.91 Å². The van der Waals surface area contributed by atoms with Crippen molar-refractivity contribution in [2.75, 3.05) is 29.2 Å². The number of rotatable bonds is 6. The summed E-state index contributed by atoms with van der Waals surface area (Å²) in [6.07, 6.45) is 0. The number of fused-ring (bicyclic) bond motifs is 1. The molecule has 0 saturated heterocycles. The molecule has 0 unspecified atom stereocenters. The fourth-order valence-electron chi connectivity index (χ4n) is 3.66. The highest BCUT2D eigenvalue weighted by atomic mass is 19.1. The Hall–Kier alpha value is -3.72. The lowest BCUT2D eigenvalue weighted by Gasteiger charge is -2.42. The van der Waals surface area contributed by atoms with E-state index >= 15 is 0 Å². The monoisotopic (exact) mass is 451 g/mol. The van der Waals surface area contributed by atoms with Crippen LogP contribution in [0.4, 0.5) is 21.8 Å². The molecule has 0 spiro atoms. The van der Waals surface area contributed by atoms with Crippen molar-refractivity contribution in [3.63, 3.8) is 0 Å². The van der Waals surface area contributed by atoms with Gasteiger partial charge in [0.2, 0.25) is 11.7 Å². The second-order valence-electron chi connectivity index (χ2n) is 8.16. The summed E-state index contributed by atoms with van der Waals surface area (Å²) in [5.74, 6) is 0.869. The van der Waals surface area contributed by atoms with E-state index in [1.54, 1.807) is 33.2 Å². The maximum absolute atomic E-state index is 13.0. The van der Waals surface area contributed by atoms with E-state index in [0.717, 1.165) is 11.1 Å². The summed E-state index contributed by atoms with van der Waals surface area (Å²) in [5, 5.41) is 13.8. The van der Waals surface area contributed by atoms with Crippen LogP contribution in [0.15, 0.2) is 48.5 Å². The van der Waals surface area contributed by atoms with Gasteiger partial charge in [0, 0.05) is 20.6 Å². The number of amides is 1. The van der Waals surface area contributed by atoms with Gasteiger partial charge in [-0.05, 0) is 49.2 Å². The number of halogens is 1. The predicted octanol–water partition coefficient (Wildman–Crippen LogP) is 3.24. The zero-order valence-electron chi connectivity index (χ0n) is 19.0. The third-order valence-corrected chi connectivity index (χ3v) is 5.75. The van der Waals surface area contributed by atoms with Crippen molar-refractivity contribution in [3.05, 3.63) is 71.2 Å². The zero-order valence-corrected chi connectivity index (χ0v) is 19.0. The average molecular weight is 452 g/mol. The van der Waals surface area contributed by atoms with Gasteiger partial charge in [0.05, 0.1) is 5.69 Å². The first kappa shape index (κ1) is 22.5. The van der Waals surface area contributed by atoms with Crippen LogP contribution in [-0.4, -0.2) is 40.8 Å². The minimum Gasteiger partial charge on any atom is -0.489 e. The van der Waals surface area contributed by atoms with Crippen LogP contribution in [-0.2, 0) is 17.9 Å². The van der Waals surface area contributed by atoms with Gasteiger partial charge in [-0.3, -0.25) is 4.79 Å².